The standard InChI is InChI=1S/C19H40O4/c1-17(12-8-5-6-9-13-18(22)16-21)19(23)14-10-4-2-3-7-11-15-20/h17-23H,2-16H2,1H3. The van der Waals surface area contributed by atoms with Crippen LogP contribution in [0.25, 0.3) is 0 Å². The molecule has 0 heterocycles. The predicted molar refractivity (Wildman–Crippen MR) is 95.4 cm³/mol. The van der Waals surface area contributed by atoms with E-state index in [0.29, 0.717) is 18.9 Å². The number of aliphatic hydroxyl groups is 4. The van der Waals surface area contributed by atoms with Crippen LogP contribution >= 0.6 is 0 Å². The minimum absolute atomic E-state index is 0.134. The maximum absolute atomic E-state index is 10.2. The number of aliphatic hydroxyl groups excluding tert-OH is 4. The third kappa shape index (κ3) is 15.1. The Balaban J connectivity index is 3.39. The minimum atomic E-state index is -0.556. The van der Waals surface area contributed by atoms with Crippen LogP contribution in [0.1, 0.15) is 90.4 Å². The summed E-state index contributed by atoms with van der Waals surface area (Å²) in [6.45, 7) is 2.31. The van der Waals surface area contributed by atoms with Gasteiger partial charge in [-0.2, -0.15) is 0 Å². The molecule has 4 nitrogen and oxygen atoms in total. The maximum Gasteiger partial charge on any atom is 0.0770 e. The van der Waals surface area contributed by atoms with Gasteiger partial charge in [0.2, 0.25) is 0 Å². The lowest BCUT2D eigenvalue weighted by atomic mass is 9.93. The molecule has 0 aromatic heterocycles. The highest BCUT2D eigenvalue weighted by Gasteiger charge is 2.13. The van der Waals surface area contributed by atoms with Crippen LogP contribution in [0.4, 0.5) is 0 Å². The minimum Gasteiger partial charge on any atom is -0.396 e. The largest absolute Gasteiger partial charge is 0.396 e. The van der Waals surface area contributed by atoms with E-state index in [1.165, 1.54) is 19.3 Å². The van der Waals surface area contributed by atoms with Crippen molar-refractivity contribution >= 4 is 0 Å². The quantitative estimate of drug-likeness (QED) is 0.308. The number of unbranched alkanes of at least 4 members (excludes halogenated alkanes) is 8. The molecule has 3 atom stereocenters. The highest BCUT2D eigenvalue weighted by molar-refractivity contribution is 4.65. The van der Waals surface area contributed by atoms with Gasteiger partial charge < -0.3 is 20.4 Å². The molecule has 0 amide bonds. The fraction of sp³-hybridized carbons (Fsp3) is 1.00. The molecule has 0 saturated carbocycles. The summed E-state index contributed by atoms with van der Waals surface area (Å²) < 4.78 is 0. The second kappa shape index (κ2) is 16.7. The van der Waals surface area contributed by atoms with Crippen LogP contribution in [0.3, 0.4) is 0 Å². The number of hydrogen-bond acceptors (Lipinski definition) is 4. The van der Waals surface area contributed by atoms with Gasteiger partial charge in [-0.25, -0.2) is 0 Å². The smallest absolute Gasteiger partial charge is 0.0770 e. The summed E-state index contributed by atoms with van der Waals surface area (Å²) >= 11 is 0. The average Bonchev–Trinajstić information content (AvgIpc) is 2.56. The summed E-state index contributed by atoms with van der Waals surface area (Å²) in [5.41, 5.74) is 0. The fourth-order valence-electron chi connectivity index (χ4n) is 2.94. The van der Waals surface area contributed by atoms with E-state index in [1.807, 2.05) is 0 Å². The molecule has 0 radical (unpaired) electrons. The molecule has 0 fully saturated rings. The van der Waals surface area contributed by atoms with Crippen LogP contribution < -0.4 is 0 Å². The van der Waals surface area contributed by atoms with Gasteiger partial charge in [-0.05, 0) is 31.6 Å². The Hall–Kier alpha value is -0.160. The van der Waals surface area contributed by atoms with Crippen LogP contribution in [-0.4, -0.2) is 45.8 Å². The van der Waals surface area contributed by atoms with Crippen molar-refractivity contribution in [1.29, 1.82) is 0 Å². The van der Waals surface area contributed by atoms with Gasteiger partial charge in [0.1, 0.15) is 0 Å². The molecule has 0 aliphatic carbocycles. The number of hydrogen-bond donors (Lipinski definition) is 4. The van der Waals surface area contributed by atoms with Gasteiger partial charge in [0, 0.05) is 6.61 Å². The first-order valence-electron chi connectivity index (χ1n) is 9.69. The van der Waals surface area contributed by atoms with Gasteiger partial charge in [0.15, 0.2) is 0 Å². The lowest BCUT2D eigenvalue weighted by Gasteiger charge is -2.18. The second-order valence-electron chi connectivity index (χ2n) is 7.01. The Morgan fingerprint density at radius 2 is 1.09 bits per heavy atom. The van der Waals surface area contributed by atoms with Crippen molar-refractivity contribution in [2.75, 3.05) is 13.2 Å². The molecule has 23 heavy (non-hydrogen) atoms. The van der Waals surface area contributed by atoms with Crippen molar-refractivity contribution in [2.45, 2.75) is 103 Å². The zero-order valence-electron chi connectivity index (χ0n) is 15.1. The van der Waals surface area contributed by atoms with Crippen molar-refractivity contribution in [3.8, 4) is 0 Å². The fourth-order valence-corrected chi connectivity index (χ4v) is 2.94. The van der Waals surface area contributed by atoms with Crippen molar-refractivity contribution in [3.63, 3.8) is 0 Å². The zero-order chi connectivity index (χ0) is 17.3. The third-order valence-electron chi connectivity index (χ3n) is 4.72. The van der Waals surface area contributed by atoms with E-state index in [9.17, 15) is 10.2 Å². The Bertz CT molecular complexity index is 235. The van der Waals surface area contributed by atoms with Gasteiger partial charge in [-0.1, -0.05) is 64.7 Å². The molecule has 0 spiro atoms. The van der Waals surface area contributed by atoms with E-state index < -0.39 is 6.10 Å². The normalized spacial score (nSPS) is 15.5. The predicted octanol–water partition coefficient (Wildman–Crippen LogP) is 3.40. The lowest BCUT2D eigenvalue weighted by Crippen LogP contribution is -2.17. The Kier molecular flexibility index (Phi) is 16.6. The summed E-state index contributed by atoms with van der Waals surface area (Å²) in [6, 6.07) is 0. The van der Waals surface area contributed by atoms with Gasteiger partial charge in [-0.15, -0.1) is 0 Å². The van der Waals surface area contributed by atoms with E-state index >= 15 is 0 Å². The van der Waals surface area contributed by atoms with Crippen molar-refractivity contribution in [3.05, 3.63) is 0 Å². The van der Waals surface area contributed by atoms with Crippen LogP contribution in [-0.2, 0) is 0 Å². The molecule has 0 aromatic rings. The van der Waals surface area contributed by atoms with Crippen LogP contribution in [0.15, 0.2) is 0 Å². The van der Waals surface area contributed by atoms with Crippen LogP contribution in [0, 0.1) is 5.92 Å². The van der Waals surface area contributed by atoms with Crippen molar-refractivity contribution < 1.29 is 20.4 Å². The molecule has 0 rings (SSSR count). The first-order chi connectivity index (χ1) is 11.1. The molecule has 3 unspecified atom stereocenters. The molecule has 0 aromatic carbocycles. The molecule has 4 N–H and O–H groups in total. The summed E-state index contributed by atoms with van der Waals surface area (Å²) in [5.74, 6) is 0.368. The Morgan fingerprint density at radius 1 is 0.609 bits per heavy atom. The van der Waals surface area contributed by atoms with E-state index in [-0.39, 0.29) is 12.7 Å². The van der Waals surface area contributed by atoms with Crippen LogP contribution in [0.2, 0.25) is 0 Å². The highest BCUT2D eigenvalue weighted by atomic mass is 16.3. The van der Waals surface area contributed by atoms with E-state index in [1.54, 1.807) is 0 Å². The monoisotopic (exact) mass is 332 g/mol. The van der Waals surface area contributed by atoms with Gasteiger partial charge in [0.25, 0.3) is 0 Å². The first-order valence-corrected chi connectivity index (χ1v) is 9.69. The zero-order valence-corrected chi connectivity index (χ0v) is 15.1. The van der Waals surface area contributed by atoms with Gasteiger partial charge >= 0.3 is 0 Å². The van der Waals surface area contributed by atoms with Crippen LogP contribution in [0.5, 0.6) is 0 Å². The Morgan fingerprint density at radius 3 is 1.65 bits per heavy atom. The topological polar surface area (TPSA) is 80.9 Å². The molecule has 0 saturated heterocycles. The summed E-state index contributed by atoms with van der Waals surface area (Å²) in [5, 5.41) is 36.8. The first kappa shape index (κ1) is 22.8. The molecular formula is C19H40O4. The number of rotatable bonds is 17. The molecular weight excluding hydrogens is 292 g/mol. The highest BCUT2D eigenvalue weighted by Crippen LogP contribution is 2.19. The summed E-state index contributed by atoms with van der Waals surface area (Å²) in [6.07, 6.45) is 13.0. The van der Waals surface area contributed by atoms with Crippen molar-refractivity contribution in [2.24, 2.45) is 5.92 Å². The second-order valence-corrected chi connectivity index (χ2v) is 7.01. The molecule has 0 bridgehead atoms. The molecule has 4 heteroatoms. The van der Waals surface area contributed by atoms with Gasteiger partial charge in [0.05, 0.1) is 18.8 Å². The van der Waals surface area contributed by atoms with E-state index in [4.69, 9.17) is 10.2 Å². The SMILES string of the molecule is CC(CCCCCCC(O)CO)C(O)CCCCCCCCO. The lowest BCUT2D eigenvalue weighted by molar-refractivity contribution is 0.0855. The maximum atomic E-state index is 10.2. The average molecular weight is 333 g/mol. The van der Waals surface area contributed by atoms with E-state index in [0.717, 1.165) is 57.8 Å². The van der Waals surface area contributed by atoms with Crippen molar-refractivity contribution in [1.82, 2.24) is 0 Å². The Labute approximate surface area is 142 Å². The van der Waals surface area contributed by atoms with Gasteiger partial charge in [-0.3, -0.25) is 0 Å². The summed E-state index contributed by atoms with van der Waals surface area (Å²) in [7, 11) is 0. The molecule has 0 aliphatic rings. The molecule has 0 aliphatic heterocycles. The summed E-state index contributed by atoms with van der Waals surface area (Å²) in [4.78, 5) is 0. The third-order valence-corrected chi connectivity index (χ3v) is 4.72. The molecule has 140 valence electrons. The van der Waals surface area contributed by atoms with E-state index in [2.05, 4.69) is 6.92 Å².